The Labute approximate surface area is 187 Å². The number of piperidine rings is 1. The second-order valence-electron chi connectivity index (χ2n) is 8.23. The van der Waals surface area contributed by atoms with Crippen LogP contribution >= 0.6 is 0 Å². The van der Waals surface area contributed by atoms with Crippen molar-refractivity contribution in [3.05, 3.63) is 59.7 Å². The highest BCUT2D eigenvalue weighted by Gasteiger charge is 2.29. The summed E-state index contributed by atoms with van der Waals surface area (Å²) < 4.78 is 10.6. The molecule has 2 heterocycles. The molecule has 7 nitrogen and oxygen atoms in total. The van der Waals surface area contributed by atoms with Gasteiger partial charge in [-0.2, -0.15) is 0 Å². The predicted molar refractivity (Wildman–Crippen MR) is 120 cm³/mol. The van der Waals surface area contributed by atoms with Crippen molar-refractivity contribution in [1.82, 2.24) is 4.90 Å². The number of carbonyl (C=O) groups is 3. The van der Waals surface area contributed by atoms with Crippen molar-refractivity contribution in [1.29, 1.82) is 0 Å². The average Bonchev–Trinajstić information content (AvgIpc) is 3.39. The Morgan fingerprint density at radius 1 is 1.00 bits per heavy atom. The maximum Gasteiger partial charge on any atom is 0.253 e. The van der Waals surface area contributed by atoms with Crippen LogP contribution in [0.3, 0.4) is 0 Å². The van der Waals surface area contributed by atoms with Crippen molar-refractivity contribution in [2.24, 2.45) is 5.92 Å². The minimum Gasteiger partial charge on any atom is -0.497 e. The van der Waals surface area contributed by atoms with E-state index in [9.17, 15) is 14.4 Å². The molecule has 32 heavy (non-hydrogen) atoms. The van der Waals surface area contributed by atoms with Gasteiger partial charge in [-0.3, -0.25) is 14.4 Å². The number of nitrogens with one attached hydrogen (secondary N) is 1. The number of Topliss-reactive ketones (excluding diaryl/α,β-unsaturated/α-hetero) is 1. The Hall–Kier alpha value is -3.19. The molecule has 7 heteroatoms. The number of rotatable bonds is 6. The standard InChI is InChI=1S/C25H28N2O5/c1-31-21-9-7-17(8-10-21)23(28)18-11-13-27(14-12-18)25(30)19-4-2-5-20(16-19)26-24(29)22-6-3-15-32-22/h2,4-5,7-10,16,18,22H,3,6,11-15H2,1H3,(H,26,29). The van der Waals surface area contributed by atoms with Gasteiger partial charge < -0.3 is 19.7 Å². The Kier molecular flexibility index (Phi) is 6.85. The number of nitrogens with zero attached hydrogens (tertiary/aromatic N) is 1. The lowest BCUT2D eigenvalue weighted by Crippen LogP contribution is -2.40. The lowest BCUT2D eigenvalue weighted by molar-refractivity contribution is -0.124. The van der Waals surface area contributed by atoms with E-state index in [4.69, 9.17) is 9.47 Å². The Morgan fingerprint density at radius 2 is 1.75 bits per heavy atom. The lowest BCUT2D eigenvalue weighted by atomic mass is 9.88. The zero-order chi connectivity index (χ0) is 22.5. The number of hydrogen-bond donors (Lipinski definition) is 1. The summed E-state index contributed by atoms with van der Waals surface area (Å²) in [6.45, 7) is 1.66. The number of ketones is 1. The molecule has 0 radical (unpaired) electrons. The van der Waals surface area contributed by atoms with Gasteiger partial charge in [0.1, 0.15) is 11.9 Å². The van der Waals surface area contributed by atoms with Crippen LogP contribution in [0.15, 0.2) is 48.5 Å². The molecule has 0 aliphatic carbocycles. The third-order valence-electron chi connectivity index (χ3n) is 6.13. The highest BCUT2D eigenvalue weighted by atomic mass is 16.5. The van der Waals surface area contributed by atoms with Crippen LogP contribution in [0.1, 0.15) is 46.4 Å². The van der Waals surface area contributed by atoms with Gasteiger partial charge in [0.15, 0.2) is 5.78 Å². The number of likely N-dealkylation sites (tertiary alicyclic amines) is 1. The lowest BCUT2D eigenvalue weighted by Gasteiger charge is -2.31. The third-order valence-corrected chi connectivity index (χ3v) is 6.13. The molecule has 0 spiro atoms. The van der Waals surface area contributed by atoms with Crippen LogP contribution in [0, 0.1) is 5.92 Å². The van der Waals surface area contributed by atoms with E-state index in [2.05, 4.69) is 5.32 Å². The van der Waals surface area contributed by atoms with E-state index < -0.39 is 6.10 Å². The molecule has 4 rings (SSSR count). The molecular weight excluding hydrogens is 408 g/mol. The monoisotopic (exact) mass is 436 g/mol. The van der Waals surface area contributed by atoms with E-state index in [1.165, 1.54) is 0 Å². The Morgan fingerprint density at radius 3 is 2.41 bits per heavy atom. The van der Waals surface area contributed by atoms with Crippen molar-refractivity contribution in [3.63, 3.8) is 0 Å². The van der Waals surface area contributed by atoms with Crippen molar-refractivity contribution >= 4 is 23.3 Å². The summed E-state index contributed by atoms with van der Waals surface area (Å²) in [5.74, 6) is 0.470. The molecule has 2 fully saturated rings. The SMILES string of the molecule is COc1ccc(C(=O)C2CCN(C(=O)c3cccc(NC(=O)C4CCCO4)c3)CC2)cc1. The molecule has 168 valence electrons. The Bertz CT molecular complexity index is 974. The average molecular weight is 437 g/mol. The summed E-state index contributed by atoms with van der Waals surface area (Å²) >= 11 is 0. The van der Waals surface area contributed by atoms with Gasteiger partial charge in [0, 0.05) is 42.4 Å². The number of benzene rings is 2. The van der Waals surface area contributed by atoms with Gasteiger partial charge in [0.25, 0.3) is 11.8 Å². The molecule has 2 saturated heterocycles. The fourth-order valence-corrected chi connectivity index (χ4v) is 4.26. The molecule has 2 aliphatic heterocycles. The molecule has 0 bridgehead atoms. The summed E-state index contributed by atoms with van der Waals surface area (Å²) in [5, 5.41) is 2.84. The van der Waals surface area contributed by atoms with Gasteiger partial charge in [-0.05, 0) is 68.1 Å². The van der Waals surface area contributed by atoms with Crippen LogP contribution in [0.25, 0.3) is 0 Å². The minimum absolute atomic E-state index is 0.0893. The molecule has 2 aliphatic rings. The maximum atomic E-state index is 13.0. The van der Waals surface area contributed by atoms with Crippen molar-refractivity contribution in [2.45, 2.75) is 31.8 Å². The molecule has 0 aromatic heterocycles. The molecular formula is C25H28N2O5. The van der Waals surface area contributed by atoms with Crippen LogP contribution in [-0.2, 0) is 9.53 Å². The van der Waals surface area contributed by atoms with Crippen LogP contribution in [0.2, 0.25) is 0 Å². The Balaban J connectivity index is 1.33. The third kappa shape index (κ3) is 4.99. The largest absolute Gasteiger partial charge is 0.497 e. The second-order valence-corrected chi connectivity index (χ2v) is 8.23. The van der Waals surface area contributed by atoms with Crippen molar-refractivity contribution in [2.75, 3.05) is 32.1 Å². The van der Waals surface area contributed by atoms with E-state index in [0.717, 1.165) is 12.2 Å². The van der Waals surface area contributed by atoms with E-state index in [-0.39, 0.29) is 23.5 Å². The van der Waals surface area contributed by atoms with E-state index in [1.807, 2.05) is 0 Å². The molecule has 1 unspecified atom stereocenters. The van der Waals surface area contributed by atoms with Gasteiger partial charge in [-0.25, -0.2) is 0 Å². The van der Waals surface area contributed by atoms with Gasteiger partial charge in [-0.15, -0.1) is 0 Å². The molecule has 2 aromatic carbocycles. The van der Waals surface area contributed by atoms with Crippen molar-refractivity contribution < 1.29 is 23.9 Å². The summed E-state index contributed by atoms with van der Waals surface area (Å²) in [6, 6.07) is 14.1. The first-order chi connectivity index (χ1) is 15.5. The number of methoxy groups -OCH3 is 1. The van der Waals surface area contributed by atoms with Gasteiger partial charge in [-0.1, -0.05) is 6.07 Å². The van der Waals surface area contributed by atoms with Crippen LogP contribution in [-0.4, -0.2) is 55.4 Å². The van der Waals surface area contributed by atoms with E-state index in [0.29, 0.717) is 55.8 Å². The van der Waals surface area contributed by atoms with Gasteiger partial charge >= 0.3 is 0 Å². The number of hydrogen-bond acceptors (Lipinski definition) is 5. The van der Waals surface area contributed by atoms with Crippen LogP contribution in [0.5, 0.6) is 5.75 Å². The molecule has 1 atom stereocenters. The zero-order valence-corrected chi connectivity index (χ0v) is 18.2. The maximum absolute atomic E-state index is 13.0. The summed E-state index contributed by atoms with van der Waals surface area (Å²) in [6.07, 6.45) is 2.44. The quantitative estimate of drug-likeness (QED) is 0.700. The molecule has 0 saturated carbocycles. The van der Waals surface area contributed by atoms with Gasteiger partial charge in [0.05, 0.1) is 7.11 Å². The second kappa shape index (κ2) is 9.96. The zero-order valence-electron chi connectivity index (χ0n) is 18.2. The fourth-order valence-electron chi connectivity index (χ4n) is 4.26. The number of carbonyl (C=O) groups excluding carboxylic acids is 3. The van der Waals surface area contributed by atoms with Crippen molar-refractivity contribution in [3.8, 4) is 5.75 Å². The highest BCUT2D eigenvalue weighted by molar-refractivity contribution is 5.99. The summed E-state index contributed by atoms with van der Waals surface area (Å²) in [7, 11) is 1.59. The molecule has 1 N–H and O–H groups in total. The highest BCUT2D eigenvalue weighted by Crippen LogP contribution is 2.25. The first-order valence-electron chi connectivity index (χ1n) is 11.1. The first kappa shape index (κ1) is 22.0. The smallest absolute Gasteiger partial charge is 0.253 e. The molecule has 2 amide bonds. The minimum atomic E-state index is -0.420. The summed E-state index contributed by atoms with van der Waals surface area (Å²) in [4.78, 5) is 39.9. The number of amides is 2. The topological polar surface area (TPSA) is 84.9 Å². The predicted octanol–water partition coefficient (Wildman–Crippen LogP) is 3.55. The molecule has 2 aromatic rings. The first-order valence-corrected chi connectivity index (χ1v) is 11.1. The van der Waals surface area contributed by atoms with E-state index >= 15 is 0 Å². The number of ether oxygens (including phenoxy) is 2. The van der Waals surface area contributed by atoms with Crippen LogP contribution in [0.4, 0.5) is 5.69 Å². The van der Waals surface area contributed by atoms with Crippen LogP contribution < -0.4 is 10.1 Å². The number of anilines is 1. The van der Waals surface area contributed by atoms with Gasteiger partial charge in [0.2, 0.25) is 0 Å². The normalized spacial score (nSPS) is 18.9. The fraction of sp³-hybridized carbons (Fsp3) is 0.400. The van der Waals surface area contributed by atoms with E-state index in [1.54, 1.807) is 60.5 Å². The summed E-state index contributed by atoms with van der Waals surface area (Å²) in [5.41, 5.74) is 1.78.